The van der Waals surface area contributed by atoms with E-state index >= 15 is 0 Å². The Balaban J connectivity index is 0.000000347. The molecule has 19 heteroatoms. The van der Waals surface area contributed by atoms with E-state index in [1.807, 2.05) is 0 Å². The first kappa shape index (κ1) is 40.2. The molecule has 0 saturated heterocycles. The van der Waals surface area contributed by atoms with Crippen molar-refractivity contribution < 1.29 is 56.6 Å². The van der Waals surface area contributed by atoms with Gasteiger partial charge in [0.25, 0.3) is 23.2 Å². The van der Waals surface area contributed by atoms with Crippen molar-refractivity contribution >= 4 is 45.9 Å². The SMILES string of the molecule is C/C([O-])=C(/N=Nc1cc([N+](=O)[O-])ccc1[O-])C(=O)Nc1ccccc1.C/C([O-])=C(/N=Nc1cc([N+](=O)[O-])ccc1[O-])C(=O)Nc1ccccc1.[Co+3]. The molecule has 4 aromatic rings. The van der Waals surface area contributed by atoms with E-state index in [-0.39, 0.29) is 39.5 Å². The minimum atomic E-state index is -0.805. The molecule has 2 amide bonds. The van der Waals surface area contributed by atoms with Gasteiger partial charge in [-0.3, -0.25) is 29.8 Å². The smallest absolute Gasteiger partial charge is 0.874 e. The number of amides is 2. The first-order valence-electron chi connectivity index (χ1n) is 14.0. The van der Waals surface area contributed by atoms with Crippen LogP contribution in [0.15, 0.2) is 140 Å². The summed E-state index contributed by atoms with van der Waals surface area (Å²) in [6.07, 6.45) is 0. The summed E-state index contributed by atoms with van der Waals surface area (Å²) in [5.74, 6) is -4.20. The summed E-state index contributed by atoms with van der Waals surface area (Å²) >= 11 is 0. The predicted molar refractivity (Wildman–Crippen MR) is 170 cm³/mol. The third-order valence-corrected chi connectivity index (χ3v) is 5.98. The van der Waals surface area contributed by atoms with Crippen molar-refractivity contribution in [3.63, 3.8) is 0 Å². The van der Waals surface area contributed by atoms with E-state index in [1.54, 1.807) is 60.7 Å². The van der Waals surface area contributed by atoms with E-state index in [9.17, 15) is 50.2 Å². The Kier molecular flexibility index (Phi) is 15.1. The summed E-state index contributed by atoms with van der Waals surface area (Å²) in [4.78, 5) is 44.3. The van der Waals surface area contributed by atoms with E-state index in [0.717, 1.165) is 50.2 Å². The maximum Gasteiger partial charge on any atom is 3.00 e. The molecule has 0 fully saturated rings. The van der Waals surface area contributed by atoms with Gasteiger partial charge in [0.1, 0.15) is 11.4 Å². The fraction of sp³-hybridized carbons (Fsp3) is 0.0625. The van der Waals surface area contributed by atoms with Crippen molar-refractivity contribution in [2.75, 3.05) is 10.6 Å². The molecule has 0 unspecified atom stereocenters. The Labute approximate surface area is 298 Å². The molecule has 0 aliphatic rings. The zero-order valence-electron chi connectivity index (χ0n) is 26.3. The molecule has 0 bridgehead atoms. The predicted octanol–water partition coefficient (Wildman–Crippen LogP) is 3.96. The summed E-state index contributed by atoms with van der Waals surface area (Å²) in [5, 5.41) is 87.0. The number of nitrogens with one attached hydrogen (secondary N) is 2. The molecule has 18 nitrogen and oxygen atoms in total. The largest absolute Gasteiger partial charge is 3.00 e. The van der Waals surface area contributed by atoms with Crippen LogP contribution in [-0.2, 0) is 26.4 Å². The van der Waals surface area contributed by atoms with Crippen molar-refractivity contribution in [2.45, 2.75) is 13.8 Å². The molecule has 0 aromatic heterocycles. The molecule has 0 aliphatic carbocycles. The van der Waals surface area contributed by atoms with Gasteiger partial charge < -0.3 is 31.1 Å². The van der Waals surface area contributed by atoms with Gasteiger partial charge >= 0.3 is 16.8 Å². The Bertz CT molecular complexity index is 1870. The van der Waals surface area contributed by atoms with Gasteiger partial charge in [0.2, 0.25) is 0 Å². The van der Waals surface area contributed by atoms with Gasteiger partial charge in [-0.15, -0.1) is 21.7 Å². The molecule has 4 rings (SSSR count). The third kappa shape index (κ3) is 12.2. The van der Waals surface area contributed by atoms with Gasteiger partial charge in [0.05, 0.1) is 21.2 Å². The van der Waals surface area contributed by atoms with Crippen molar-refractivity contribution in [3.8, 4) is 11.5 Å². The first-order chi connectivity index (χ1) is 23.8. The number of hydrogen-bond donors (Lipinski definition) is 2. The van der Waals surface area contributed by atoms with Crippen LogP contribution in [-0.4, -0.2) is 21.7 Å². The van der Waals surface area contributed by atoms with Gasteiger partial charge in [-0.05, 0) is 24.3 Å². The van der Waals surface area contributed by atoms with Gasteiger partial charge in [-0.1, -0.05) is 73.9 Å². The average molecular weight is 740 g/mol. The van der Waals surface area contributed by atoms with Crippen LogP contribution in [0.1, 0.15) is 13.8 Å². The number of para-hydroxylation sites is 2. The van der Waals surface area contributed by atoms with Crippen LogP contribution in [0.2, 0.25) is 0 Å². The zero-order chi connectivity index (χ0) is 36.8. The quantitative estimate of drug-likeness (QED) is 0.0776. The zero-order valence-corrected chi connectivity index (χ0v) is 27.4. The molecular formula is C32H24CoN8O10-. The van der Waals surface area contributed by atoms with Crippen molar-refractivity contribution in [3.05, 3.63) is 140 Å². The number of carbonyl (C=O) groups excluding carboxylic acids is 2. The minimum absolute atomic E-state index is 0. The molecular weight excluding hydrogens is 715 g/mol. The molecule has 0 radical (unpaired) electrons. The number of benzene rings is 4. The third-order valence-electron chi connectivity index (χ3n) is 5.98. The second-order valence-corrected chi connectivity index (χ2v) is 9.67. The van der Waals surface area contributed by atoms with Crippen LogP contribution >= 0.6 is 0 Å². The number of nitro groups is 2. The number of rotatable bonds is 10. The van der Waals surface area contributed by atoms with Crippen LogP contribution < -0.4 is 31.1 Å². The van der Waals surface area contributed by atoms with Crippen LogP contribution in [0.25, 0.3) is 0 Å². The number of carbonyl (C=O) groups is 2. The average Bonchev–Trinajstić information content (AvgIpc) is 3.07. The van der Waals surface area contributed by atoms with Crippen molar-refractivity contribution in [1.82, 2.24) is 0 Å². The second-order valence-electron chi connectivity index (χ2n) is 9.67. The Morgan fingerprint density at radius 2 is 0.922 bits per heavy atom. The van der Waals surface area contributed by atoms with Crippen LogP contribution in [0.5, 0.6) is 11.5 Å². The monoisotopic (exact) mass is 739 g/mol. The summed E-state index contributed by atoms with van der Waals surface area (Å²) in [5.41, 5.74) is -1.58. The number of non-ortho nitro benzene ring substituents is 2. The second kappa shape index (κ2) is 19.1. The van der Waals surface area contributed by atoms with Crippen molar-refractivity contribution in [2.24, 2.45) is 20.5 Å². The number of nitrogens with zero attached hydrogens (tertiary/aromatic N) is 6. The summed E-state index contributed by atoms with van der Waals surface area (Å²) in [6.45, 7) is 2.23. The number of anilines is 2. The number of nitro benzene ring substituents is 2. The van der Waals surface area contributed by atoms with E-state index in [4.69, 9.17) is 0 Å². The first-order valence-corrected chi connectivity index (χ1v) is 14.0. The molecule has 2 N–H and O–H groups in total. The van der Waals surface area contributed by atoms with Crippen molar-refractivity contribution in [1.29, 1.82) is 0 Å². The van der Waals surface area contributed by atoms with Crippen LogP contribution in [0, 0.1) is 20.2 Å². The van der Waals surface area contributed by atoms with Crippen LogP contribution in [0.4, 0.5) is 34.1 Å². The number of azo groups is 2. The molecule has 0 heterocycles. The molecule has 0 aliphatic heterocycles. The minimum Gasteiger partial charge on any atom is -0.874 e. The normalized spacial score (nSPS) is 11.6. The fourth-order valence-electron chi connectivity index (χ4n) is 3.58. The molecule has 51 heavy (non-hydrogen) atoms. The Hall–Kier alpha value is -6.99. The molecule has 0 atom stereocenters. The van der Waals surface area contributed by atoms with Gasteiger partial charge in [-0.2, -0.15) is 10.2 Å². The maximum absolute atomic E-state index is 12.1. The summed E-state index contributed by atoms with van der Waals surface area (Å²) < 4.78 is 0. The van der Waals surface area contributed by atoms with Gasteiger partial charge in [0.15, 0.2) is 0 Å². The number of hydrogen-bond acceptors (Lipinski definition) is 14. The summed E-state index contributed by atoms with van der Waals surface area (Å²) in [7, 11) is 0. The molecule has 4 aromatic carbocycles. The topological polar surface area (TPSA) is 286 Å². The van der Waals surface area contributed by atoms with Gasteiger partial charge in [0, 0.05) is 35.6 Å². The fourth-order valence-corrected chi connectivity index (χ4v) is 3.58. The van der Waals surface area contributed by atoms with E-state index in [0.29, 0.717) is 11.4 Å². The van der Waals surface area contributed by atoms with Crippen LogP contribution in [0.3, 0.4) is 0 Å². The van der Waals surface area contributed by atoms with E-state index < -0.39 is 56.1 Å². The number of allylic oxidation sites excluding steroid dienone is 2. The van der Waals surface area contributed by atoms with E-state index in [2.05, 4.69) is 31.1 Å². The Morgan fingerprint density at radius 1 is 0.588 bits per heavy atom. The standard InChI is InChI=1S/2C16H14N4O5.Co/c2*1-10(21)15(16(23)17-11-5-3-2-4-6-11)19-18-13-9-12(20(24)25)7-8-14(13)22;/h2*2-9,21-22H,1H3,(H,17,23);/q;;+3/p-4/b2*15-10-,19-18?;. The molecule has 262 valence electrons. The molecule has 0 saturated carbocycles. The Morgan fingerprint density at radius 3 is 1.22 bits per heavy atom. The van der Waals surface area contributed by atoms with E-state index in [1.165, 1.54) is 0 Å². The molecule has 0 spiro atoms. The van der Waals surface area contributed by atoms with Gasteiger partial charge in [-0.25, -0.2) is 0 Å². The summed E-state index contributed by atoms with van der Waals surface area (Å²) in [6, 6.07) is 22.5. The maximum atomic E-state index is 12.1.